The minimum atomic E-state index is -2.79. The zero-order valence-electron chi connectivity index (χ0n) is 4.22. The summed E-state index contributed by atoms with van der Waals surface area (Å²) in [5, 5.41) is 0. The molecule has 0 aromatic rings. The molecule has 2 N–H and O–H groups in total. The van der Waals surface area contributed by atoms with Gasteiger partial charge >= 0.3 is 0 Å². The van der Waals surface area contributed by atoms with Crippen LogP contribution in [-0.2, 0) is 14.3 Å². The standard InChI is InChI=1S/C2H8N2O2S/c1-4-6-7(2,3)5/h3-4H,1-2H3. The van der Waals surface area contributed by atoms with Crippen molar-refractivity contribution in [3.05, 3.63) is 0 Å². The second kappa shape index (κ2) is 2.25. The highest BCUT2D eigenvalue weighted by atomic mass is 32.2. The molecule has 0 heterocycles. The van der Waals surface area contributed by atoms with Crippen molar-refractivity contribution in [3.63, 3.8) is 0 Å². The van der Waals surface area contributed by atoms with Crippen LogP contribution in [0.15, 0.2) is 0 Å². The van der Waals surface area contributed by atoms with Crippen LogP contribution in [0.25, 0.3) is 0 Å². The molecule has 0 fully saturated rings. The smallest absolute Gasteiger partial charge is 0.173 e. The molecule has 7 heavy (non-hydrogen) atoms. The van der Waals surface area contributed by atoms with E-state index < -0.39 is 10.0 Å². The number of hydrogen-bond acceptors (Lipinski definition) is 4. The average Bonchev–Trinajstić information content (AvgIpc) is 1.30. The van der Waals surface area contributed by atoms with E-state index >= 15 is 0 Å². The van der Waals surface area contributed by atoms with Gasteiger partial charge in [-0.05, 0) is 0 Å². The van der Waals surface area contributed by atoms with Crippen molar-refractivity contribution in [3.8, 4) is 0 Å². The van der Waals surface area contributed by atoms with Crippen LogP contribution in [0.4, 0.5) is 0 Å². The maximum absolute atomic E-state index is 10.2. The first-order chi connectivity index (χ1) is 3.06. The molecule has 0 saturated heterocycles. The Hall–Kier alpha value is -0.130. The molecule has 0 aliphatic carbocycles. The average molecular weight is 124 g/mol. The molecule has 0 radical (unpaired) electrons. The first-order valence-corrected chi connectivity index (χ1v) is 3.54. The molecular weight excluding hydrogens is 116 g/mol. The zero-order chi connectivity index (χ0) is 5.91. The normalized spacial score (nSPS) is 18.6. The van der Waals surface area contributed by atoms with Crippen molar-refractivity contribution in [1.82, 2.24) is 5.48 Å². The largest absolute Gasteiger partial charge is 0.229 e. The van der Waals surface area contributed by atoms with Crippen molar-refractivity contribution >= 4 is 10.0 Å². The van der Waals surface area contributed by atoms with Gasteiger partial charge in [-0.25, -0.2) is 8.99 Å². The van der Waals surface area contributed by atoms with Gasteiger partial charge in [0.25, 0.3) is 0 Å². The summed E-state index contributed by atoms with van der Waals surface area (Å²) < 4.78 is 20.9. The van der Waals surface area contributed by atoms with Crippen molar-refractivity contribution in [1.29, 1.82) is 4.78 Å². The van der Waals surface area contributed by atoms with E-state index in [0.717, 1.165) is 0 Å². The summed E-state index contributed by atoms with van der Waals surface area (Å²) >= 11 is 0. The van der Waals surface area contributed by atoms with Crippen LogP contribution >= 0.6 is 0 Å². The Balaban J connectivity index is 3.60. The zero-order valence-corrected chi connectivity index (χ0v) is 5.04. The number of hydroxylamine groups is 1. The number of nitrogens with one attached hydrogen (secondary N) is 2. The lowest BCUT2D eigenvalue weighted by molar-refractivity contribution is 0.247. The topological polar surface area (TPSA) is 62.2 Å². The Morgan fingerprint density at radius 2 is 2.29 bits per heavy atom. The Kier molecular flexibility index (Phi) is 2.21. The molecule has 1 unspecified atom stereocenters. The fourth-order valence-electron chi connectivity index (χ4n) is 0.159. The molecule has 4 nitrogen and oxygen atoms in total. The third kappa shape index (κ3) is 5.87. The third-order valence-corrected chi connectivity index (χ3v) is 0.727. The van der Waals surface area contributed by atoms with E-state index in [-0.39, 0.29) is 0 Å². The van der Waals surface area contributed by atoms with Crippen molar-refractivity contribution in [2.24, 2.45) is 0 Å². The molecular formula is C2H8N2O2S. The highest BCUT2D eigenvalue weighted by Gasteiger charge is 1.89. The first kappa shape index (κ1) is 6.87. The molecule has 0 aliphatic heterocycles. The Morgan fingerprint density at radius 3 is 2.29 bits per heavy atom. The van der Waals surface area contributed by atoms with Crippen molar-refractivity contribution in [2.75, 3.05) is 13.3 Å². The van der Waals surface area contributed by atoms with E-state index in [4.69, 9.17) is 4.78 Å². The van der Waals surface area contributed by atoms with E-state index in [9.17, 15) is 4.21 Å². The molecule has 0 rings (SSSR count). The summed E-state index contributed by atoms with van der Waals surface area (Å²) in [6.07, 6.45) is 1.18. The summed E-state index contributed by atoms with van der Waals surface area (Å²) in [6, 6.07) is 0. The van der Waals surface area contributed by atoms with Crippen molar-refractivity contribution in [2.45, 2.75) is 0 Å². The summed E-state index contributed by atoms with van der Waals surface area (Å²) in [4.78, 5) is 0. The van der Waals surface area contributed by atoms with E-state index in [2.05, 4.69) is 9.76 Å². The van der Waals surface area contributed by atoms with Gasteiger partial charge in [-0.2, -0.15) is 9.76 Å². The molecule has 0 spiro atoms. The van der Waals surface area contributed by atoms with Crippen LogP contribution in [0, 0.1) is 4.78 Å². The Labute approximate surface area is 43.0 Å². The van der Waals surface area contributed by atoms with Gasteiger partial charge in [0.1, 0.15) is 0 Å². The van der Waals surface area contributed by atoms with Gasteiger partial charge in [0, 0.05) is 13.3 Å². The molecule has 0 aromatic carbocycles. The highest BCUT2D eigenvalue weighted by molar-refractivity contribution is 7.86. The second-order valence-electron chi connectivity index (χ2n) is 1.06. The maximum atomic E-state index is 10.2. The third-order valence-electron chi connectivity index (χ3n) is 0.242. The fourth-order valence-corrected chi connectivity index (χ4v) is 0.477. The molecule has 0 bridgehead atoms. The lowest BCUT2D eigenvalue weighted by Crippen LogP contribution is -2.12. The monoisotopic (exact) mass is 124 g/mol. The van der Waals surface area contributed by atoms with Gasteiger partial charge in [-0.3, -0.25) is 0 Å². The van der Waals surface area contributed by atoms with E-state index in [1.807, 2.05) is 0 Å². The predicted octanol–water partition coefficient (Wildman–Crippen LogP) is -0.271. The summed E-state index contributed by atoms with van der Waals surface area (Å²) in [5.41, 5.74) is 2.14. The van der Waals surface area contributed by atoms with Crippen LogP contribution in [0.5, 0.6) is 0 Å². The van der Waals surface area contributed by atoms with Gasteiger partial charge < -0.3 is 0 Å². The van der Waals surface area contributed by atoms with Crippen LogP contribution in [0.3, 0.4) is 0 Å². The number of hydrogen-bond donors (Lipinski definition) is 2. The Morgan fingerprint density at radius 1 is 1.86 bits per heavy atom. The minimum Gasteiger partial charge on any atom is -0.229 e. The van der Waals surface area contributed by atoms with Gasteiger partial charge in [0.15, 0.2) is 10.0 Å². The Bertz CT molecular complexity index is 127. The van der Waals surface area contributed by atoms with Gasteiger partial charge in [0.2, 0.25) is 0 Å². The molecule has 1 atom stereocenters. The van der Waals surface area contributed by atoms with E-state index in [1.54, 1.807) is 0 Å². The molecule has 44 valence electrons. The first-order valence-electron chi connectivity index (χ1n) is 1.65. The van der Waals surface area contributed by atoms with Gasteiger partial charge in [0.05, 0.1) is 0 Å². The van der Waals surface area contributed by atoms with Crippen molar-refractivity contribution < 1.29 is 8.49 Å². The summed E-state index contributed by atoms with van der Waals surface area (Å²) in [7, 11) is -1.33. The van der Waals surface area contributed by atoms with Crippen LogP contribution in [0.1, 0.15) is 0 Å². The molecule has 0 saturated carbocycles. The summed E-state index contributed by atoms with van der Waals surface area (Å²) in [5.74, 6) is 0. The van der Waals surface area contributed by atoms with Crippen LogP contribution < -0.4 is 5.48 Å². The van der Waals surface area contributed by atoms with Crippen LogP contribution in [-0.4, -0.2) is 17.5 Å². The van der Waals surface area contributed by atoms with Crippen LogP contribution in [0.2, 0.25) is 0 Å². The van der Waals surface area contributed by atoms with Gasteiger partial charge in [-0.1, -0.05) is 0 Å². The molecule has 5 heteroatoms. The SMILES string of the molecule is CNOS(C)(=N)=O. The van der Waals surface area contributed by atoms with E-state index in [1.165, 1.54) is 13.3 Å². The fraction of sp³-hybridized carbons (Fsp3) is 1.00. The van der Waals surface area contributed by atoms with Gasteiger partial charge in [-0.15, -0.1) is 0 Å². The summed E-state index contributed by atoms with van der Waals surface area (Å²) in [6.45, 7) is 0. The number of rotatable bonds is 2. The van der Waals surface area contributed by atoms with E-state index in [0.29, 0.717) is 0 Å². The lowest BCUT2D eigenvalue weighted by atomic mass is 11.6. The minimum absolute atomic E-state index is 1.18. The quantitative estimate of drug-likeness (QED) is 0.498. The molecule has 0 aromatic heterocycles. The predicted molar refractivity (Wildman–Crippen MR) is 26.9 cm³/mol. The molecule has 0 amide bonds. The highest BCUT2D eigenvalue weighted by Crippen LogP contribution is 1.78. The maximum Gasteiger partial charge on any atom is 0.173 e. The molecule has 0 aliphatic rings. The second-order valence-corrected chi connectivity index (χ2v) is 2.77. The lowest BCUT2D eigenvalue weighted by Gasteiger charge is -1.95.